The summed E-state index contributed by atoms with van der Waals surface area (Å²) in [6.07, 6.45) is -3.38. The summed E-state index contributed by atoms with van der Waals surface area (Å²) in [7, 11) is 1.21. The van der Waals surface area contributed by atoms with E-state index in [1.165, 1.54) is 13.2 Å². The number of halogens is 3. The maximum Gasteiger partial charge on any atom is 0.433 e. The van der Waals surface area contributed by atoms with E-state index in [1.54, 1.807) is 0 Å². The van der Waals surface area contributed by atoms with Gasteiger partial charge in [0.25, 0.3) is 0 Å². The summed E-state index contributed by atoms with van der Waals surface area (Å²) in [5.41, 5.74) is -0.969. The van der Waals surface area contributed by atoms with Gasteiger partial charge in [-0.05, 0) is 12.1 Å². The van der Waals surface area contributed by atoms with Crippen molar-refractivity contribution in [2.45, 2.75) is 6.18 Å². The van der Waals surface area contributed by atoms with Crippen molar-refractivity contribution in [2.24, 2.45) is 0 Å². The van der Waals surface area contributed by atoms with E-state index in [2.05, 4.69) is 9.72 Å². The van der Waals surface area contributed by atoms with Crippen LogP contribution in [0.25, 0.3) is 10.1 Å². The molecular weight excluding hydrogens is 255 g/mol. The number of hydrogen-bond donors (Lipinski definition) is 0. The van der Waals surface area contributed by atoms with E-state index in [0.29, 0.717) is 10.1 Å². The molecule has 0 saturated carbocycles. The van der Waals surface area contributed by atoms with Gasteiger partial charge in [-0.25, -0.2) is 4.79 Å². The average Bonchev–Trinajstić information content (AvgIpc) is 2.69. The molecule has 2 aromatic rings. The van der Waals surface area contributed by atoms with Gasteiger partial charge in [-0.3, -0.25) is 4.98 Å². The molecule has 0 aliphatic carbocycles. The van der Waals surface area contributed by atoms with Crippen LogP contribution in [0.4, 0.5) is 13.2 Å². The van der Waals surface area contributed by atoms with Crippen molar-refractivity contribution in [1.82, 2.24) is 4.98 Å². The predicted molar refractivity (Wildman–Crippen MR) is 56.0 cm³/mol. The van der Waals surface area contributed by atoms with E-state index in [1.807, 2.05) is 0 Å². The number of ether oxygens (including phenoxy) is 1. The number of fused-ring (bicyclic) bond motifs is 1. The molecule has 7 heteroatoms. The van der Waals surface area contributed by atoms with Crippen LogP contribution in [0.5, 0.6) is 0 Å². The number of pyridine rings is 1. The van der Waals surface area contributed by atoms with Crippen LogP contribution in [0.15, 0.2) is 18.3 Å². The van der Waals surface area contributed by atoms with Crippen LogP contribution in [0.2, 0.25) is 0 Å². The zero-order valence-corrected chi connectivity index (χ0v) is 9.35. The van der Waals surface area contributed by atoms with Crippen LogP contribution in [0, 0.1) is 0 Å². The Balaban J connectivity index is 2.52. The van der Waals surface area contributed by atoms with Crippen molar-refractivity contribution in [3.8, 4) is 0 Å². The SMILES string of the molecule is COC(=O)c1cc2cnc(C(F)(F)F)cc2s1. The number of methoxy groups -OCH3 is 1. The molecule has 0 amide bonds. The zero-order valence-electron chi connectivity index (χ0n) is 8.54. The van der Waals surface area contributed by atoms with Crippen molar-refractivity contribution in [1.29, 1.82) is 0 Å². The zero-order chi connectivity index (χ0) is 12.6. The van der Waals surface area contributed by atoms with Crippen LogP contribution in [0.1, 0.15) is 15.4 Å². The highest BCUT2D eigenvalue weighted by Crippen LogP contribution is 2.32. The molecule has 0 bridgehead atoms. The molecule has 2 aromatic heterocycles. The van der Waals surface area contributed by atoms with E-state index in [9.17, 15) is 18.0 Å². The third-order valence-corrected chi connectivity index (χ3v) is 3.16. The van der Waals surface area contributed by atoms with E-state index < -0.39 is 17.8 Å². The van der Waals surface area contributed by atoms with Crippen molar-refractivity contribution in [2.75, 3.05) is 7.11 Å². The molecule has 0 unspecified atom stereocenters. The number of esters is 1. The molecule has 0 aromatic carbocycles. The summed E-state index contributed by atoms with van der Waals surface area (Å²) < 4.78 is 42.0. The van der Waals surface area contributed by atoms with Gasteiger partial charge >= 0.3 is 12.1 Å². The van der Waals surface area contributed by atoms with Crippen molar-refractivity contribution >= 4 is 27.4 Å². The molecule has 0 aliphatic heterocycles. The standard InChI is InChI=1S/C10H6F3NO2S/c1-16-9(15)7-2-5-4-14-8(10(11,12)13)3-6(5)17-7/h2-4H,1H3. The molecule has 0 aliphatic rings. The second-order valence-electron chi connectivity index (χ2n) is 3.21. The van der Waals surface area contributed by atoms with Crippen molar-refractivity contribution in [3.05, 3.63) is 28.9 Å². The Labute approximate surface area is 97.8 Å². The Bertz CT molecular complexity index is 576. The van der Waals surface area contributed by atoms with Gasteiger partial charge in [0.1, 0.15) is 10.6 Å². The van der Waals surface area contributed by atoms with Gasteiger partial charge in [0.2, 0.25) is 0 Å². The first-order valence-corrected chi connectivity index (χ1v) is 5.28. The second-order valence-corrected chi connectivity index (χ2v) is 4.29. The van der Waals surface area contributed by atoms with Gasteiger partial charge in [-0.1, -0.05) is 0 Å². The number of carbonyl (C=O) groups excluding carboxylic acids is 1. The molecule has 2 rings (SSSR count). The first kappa shape index (κ1) is 11.8. The lowest BCUT2D eigenvalue weighted by molar-refractivity contribution is -0.141. The van der Waals surface area contributed by atoms with Gasteiger partial charge in [0, 0.05) is 16.3 Å². The smallest absolute Gasteiger partial charge is 0.433 e. The Morgan fingerprint density at radius 3 is 2.71 bits per heavy atom. The molecule has 0 saturated heterocycles. The van der Waals surface area contributed by atoms with Gasteiger partial charge in [-0.2, -0.15) is 13.2 Å². The number of alkyl halides is 3. The quantitative estimate of drug-likeness (QED) is 0.740. The minimum atomic E-state index is -4.48. The fourth-order valence-corrected chi connectivity index (χ4v) is 2.28. The van der Waals surface area contributed by atoms with E-state index in [0.717, 1.165) is 23.6 Å². The van der Waals surface area contributed by atoms with Gasteiger partial charge < -0.3 is 4.74 Å². The van der Waals surface area contributed by atoms with E-state index in [4.69, 9.17) is 0 Å². The molecule has 0 spiro atoms. The summed E-state index contributed by atoms with van der Waals surface area (Å²) in [5, 5.41) is 0.489. The predicted octanol–water partition coefficient (Wildman–Crippen LogP) is 3.10. The van der Waals surface area contributed by atoms with Crippen molar-refractivity contribution < 1.29 is 22.7 Å². The highest BCUT2D eigenvalue weighted by atomic mass is 32.1. The Morgan fingerprint density at radius 1 is 1.41 bits per heavy atom. The summed E-state index contributed by atoms with van der Waals surface area (Å²) in [4.78, 5) is 14.8. The molecule has 0 radical (unpaired) electrons. The molecule has 2 heterocycles. The van der Waals surface area contributed by atoms with Crippen LogP contribution in [-0.4, -0.2) is 18.1 Å². The Hall–Kier alpha value is -1.63. The van der Waals surface area contributed by atoms with Crippen LogP contribution in [-0.2, 0) is 10.9 Å². The molecule has 0 atom stereocenters. The first-order valence-electron chi connectivity index (χ1n) is 4.47. The Kier molecular flexibility index (Phi) is 2.78. The largest absolute Gasteiger partial charge is 0.465 e. The summed E-state index contributed by atoms with van der Waals surface area (Å²) in [6, 6.07) is 2.38. The lowest BCUT2D eigenvalue weighted by Gasteiger charge is -2.03. The molecule has 90 valence electrons. The number of carbonyl (C=O) groups is 1. The third kappa shape index (κ3) is 2.23. The average molecular weight is 261 g/mol. The molecule has 17 heavy (non-hydrogen) atoms. The minimum absolute atomic E-state index is 0.253. The third-order valence-electron chi connectivity index (χ3n) is 2.08. The maximum absolute atomic E-state index is 12.4. The molecule has 3 nitrogen and oxygen atoms in total. The lowest BCUT2D eigenvalue weighted by atomic mass is 10.3. The Morgan fingerprint density at radius 2 is 2.12 bits per heavy atom. The van der Waals surface area contributed by atoms with Gasteiger partial charge in [-0.15, -0.1) is 11.3 Å². The number of aromatic nitrogens is 1. The number of thiophene rings is 1. The summed E-state index contributed by atoms with van der Waals surface area (Å²) in [6.45, 7) is 0. The fourth-order valence-electron chi connectivity index (χ4n) is 1.29. The lowest BCUT2D eigenvalue weighted by Crippen LogP contribution is -2.06. The van der Waals surface area contributed by atoms with E-state index in [-0.39, 0.29) is 4.88 Å². The van der Waals surface area contributed by atoms with E-state index >= 15 is 0 Å². The second kappa shape index (κ2) is 3.99. The number of rotatable bonds is 1. The monoisotopic (exact) mass is 261 g/mol. The van der Waals surface area contributed by atoms with Gasteiger partial charge in [0.05, 0.1) is 7.11 Å². The molecular formula is C10H6F3NO2S. The summed E-state index contributed by atoms with van der Waals surface area (Å²) >= 11 is 0.946. The molecule has 0 fully saturated rings. The van der Waals surface area contributed by atoms with Crippen molar-refractivity contribution in [3.63, 3.8) is 0 Å². The maximum atomic E-state index is 12.4. The van der Waals surface area contributed by atoms with Gasteiger partial charge in [0.15, 0.2) is 0 Å². The topological polar surface area (TPSA) is 39.2 Å². The number of nitrogens with zero attached hydrogens (tertiary/aromatic N) is 1. The normalized spacial score (nSPS) is 11.8. The number of hydrogen-bond acceptors (Lipinski definition) is 4. The minimum Gasteiger partial charge on any atom is -0.465 e. The van der Waals surface area contributed by atoms with Crippen LogP contribution >= 0.6 is 11.3 Å². The first-order chi connectivity index (χ1) is 7.91. The highest BCUT2D eigenvalue weighted by molar-refractivity contribution is 7.20. The fraction of sp³-hybridized carbons (Fsp3) is 0.200. The summed E-state index contributed by atoms with van der Waals surface area (Å²) in [5.74, 6) is -0.570. The highest BCUT2D eigenvalue weighted by Gasteiger charge is 2.32. The molecule has 0 N–H and O–H groups in total. The van der Waals surface area contributed by atoms with Crippen LogP contribution < -0.4 is 0 Å². The van der Waals surface area contributed by atoms with Crippen LogP contribution in [0.3, 0.4) is 0 Å².